The van der Waals surface area contributed by atoms with E-state index in [0.29, 0.717) is 6.54 Å². The maximum Gasteiger partial charge on any atom is 0.234 e. The Bertz CT molecular complexity index is 539. The van der Waals surface area contributed by atoms with Crippen LogP contribution in [0.2, 0.25) is 0 Å². The largest absolute Gasteiger partial charge is 0.368 e. The van der Waals surface area contributed by atoms with E-state index in [4.69, 9.17) is 5.73 Å². The highest BCUT2D eigenvalue weighted by molar-refractivity contribution is 5.79. The molecule has 88 valence electrons. The third kappa shape index (κ3) is 2.79. The van der Waals surface area contributed by atoms with Crippen LogP contribution in [0.1, 0.15) is 12.6 Å². The van der Waals surface area contributed by atoms with Crippen molar-refractivity contribution in [1.82, 2.24) is 10.3 Å². The minimum absolute atomic E-state index is 0.344. The highest BCUT2D eigenvalue weighted by atomic mass is 16.1. The number of nitrogens with one attached hydrogen (secondary N) is 1. The number of carbonyl (C=O) groups is 1. The Morgan fingerprint density at radius 2 is 2.12 bits per heavy atom. The van der Waals surface area contributed by atoms with E-state index < -0.39 is 0 Å². The molecule has 3 N–H and O–H groups in total. The number of nitrogens with two attached hydrogens (primary N) is 1. The number of para-hydroxylation sites is 1. The first-order valence-electron chi connectivity index (χ1n) is 5.54. The first-order chi connectivity index (χ1) is 8.16. The molecule has 0 aliphatic carbocycles. The Hall–Kier alpha value is -1.94. The number of rotatable bonds is 4. The molecule has 0 saturated carbocycles. The van der Waals surface area contributed by atoms with Crippen molar-refractivity contribution in [3.8, 4) is 0 Å². The lowest BCUT2D eigenvalue weighted by molar-refractivity contribution is -0.119. The average Bonchev–Trinajstić information content (AvgIpc) is 2.35. The Morgan fingerprint density at radius 1 is 1.35 bits per heavy atom. The van der Waals surface area contributed by atoms with Crippen LogP contribution >= 0.6 is 0 Å². The topological polar surface area (TPSA) is 68.0 Å². The summed E-state index contributed by atoms with van der Waals surface area (Å²) in [5.74, 6) is -0.356. The van der Waals surface area contributed by atoms with E-state index in [0.717, 1.165) is 16.6 Å². The van der Waals surface area contributed by atoms with E-state index in [1.165, 1.54) is 0 Å². The number of carbonyl (C=O) groups excluding carboxylic acids is 1. The van der Waals surface area contributed by atoms with E-state index in [1.807, 2.05) is 36.4 Å². The van der Waals surface area contributed by atoms with Gasteiger partial charge in [-0.05, 0) is 19.1 Å². The maximum atomic E-state index is 10.9. The molecule has 1 amide bonds. The molecule has 0 aliphatic heterocycles. The molecule has 1 heterocycles. The Morgan fingerprint density at radius 3 is 2.88 bits per heavy atom. The van der Waals surface area contributed by atoms with E-state index in [-0.39, 0.29) is 11.9 Å². The Balaban J connectivity index is 2.12. The number of primary amides is 1. The molecular weight excluding hydrogens is 214 g/mol. The lowest BCUT2D eigenvalue weighted by Gasteiger charge is -2.09. The summed E-state index contributed by atoms with van der Waals surface area (Å²) in [5.41, 5.74) is 7.03. The van der Waals surface area contributed by atoms with Crippen molar-refractivity contribution < 1.29 is 4.79 Å². The number of pyridine rings is 1. The highest BCUT2D eigenvalue weighted by Crippen LogP contribution is 2.11. The van der Waals surface area contributed by atoms with Crippen molar-refractivity contribution in [2.45, 2.75) is 19.5 Å². The zero-order valence-electron chi connectivity index (χ0n) is 9.68. The zero-order valence-corrected chi connectivity index (χ0v) is 9.68. The second kappa shape index (κ2) is 4.93. The van der Waals surface area contributed by atoms with Crippen LogP contribution in [-0.4, -0.2) is 16.9 Å². The second-order valence-corrected chi connectivity index (χ2v) is 4.00. The third-order valence-electron chi connectivity index (χ3n) is 2.67. The number of aromatic nitrogens is 1. The van der Waals surface area contributed by atoms with Crippen LogP contribution < -0.4 is 11.1 Å². The summed E-state index contributed by atoms with van der Waals surface area (Å²) in [6.45, 7) is 2.28. The molecule has 1 aromatic carbocycles. The summed E-state index contributed by atoms with van der Waals surface area (Å²) >= 11 is 0. The number of benzene rings is 1. The lowest BCUT2D eigenvalue weighted by Crippen LogP contribution is -2.38. The fourth-order valence-electron chi connectivity index (χ4n) is 1.56. The molecule has 0 saturated heterocycles. The number of amides is 1. The van der Waals surface area contributed by atoms with E-state index in [1.54, 1.807) is 6.92 Å². The number of nitrogens with zero attached hydrogens (tertiary/aromatic N) is 1. The summed E-state index contributed by atoms with van der Waals surface area (Å²) < 4.78 is 0. The van der Waals surface area contributed by atoms with Gasteiger partial charge in [0.25, 0.3) is 0 Å². The fourth-order valence-corrected chi connectivity index (χ4v) is 1.56. The number of fused-ring (bicyclic) bond motifs is 1. The van der Waals surface area contributed by atoms with Gasteiger partial charge in [0, 0.05) is 11.9 Å². The van der Waals surface area contributed by atoms with Crippen molar-refractivity contribution in [1.29, 1.82) is 0 Å². The van der Waals surface area contributed by atoms with Crippen LogP contribution in [0.4, 0.5) is 0 Å². The van der Waals surface area contributed by atoms with Crippen molar-refractivity contribution in [2.75, 3.05) is 0 Å². The highest BCUT2D eigenvalue weighted by Gasteiger charge is 2.07. The van der Waals surface area contributed by atoms with Crippen LogP contribution in [0.3, 0.4) is 0 Å². The van der Waals surface area contributed by atoms with Gasteiger partial charge >= 0.3 is 0 Å². The van der Waals surface area contributed by atoms with E-state index >= 15 is 0 Å². The summed E-state index contributed by atoms with van der Waals surface area (Å²) in [7, 11) is 0. The molecule has 0 spiro atoms. The normalized spacial score (nSPS) is 12.5. The molecule has 1 aromatic heterocycles. The SMILES string of the molecule is CC(NCc1ccc2ccccc2n1)C(N)=O. The van der Waals surface area contributed by atoms with Gasteiger partial charge in [-0.1, -0.05) is 24.3 Å². The standard InChI is InChI=1S/C13H15N3O/c1-9(13(14)17)15-8-11-7-6-10-4-2-3-5-12(10)16-11/h2-7,9,15H,8H2,1H3,(H2,14,17). The molecule has 0 fully saturated rings. The zero-order chi connectivity index (χ0) is 12.3. The second-order valence-electron chi connectivity index (χ2n) is 4.00. The van der Waals surface area contributed by atoms with Gasteiger partial charge in [0.2, 0.25) is 5.91 Å². The minimum atomic E-state index is -0.356. The van der Waals surface area contributed by atoms with E-state index in [9.17, 15) is 4.79 Å². The average molecular weight is 229 g/mol. The summed E-state index contributed by atoms with van der Waals surface area (Å²) in [6, 6.07) is 11.6. The van der Waals surface area contributed by atoms with Crippen LogP contribution in [0.15, 0.2) is 36.4 Å². The van der Waals surface area contributed by atoms with Gasteiger partial charge in [-0.15, -0.1) is 0 Å². The van der Waals surface area contributed by atoms with Crippen molar-refractivity contribution in [3.63, 3.8) is 0 Å². The molecule has 0 aliphatic rings. The summed E-state index contributed by atoms with van der Waals surface area (Å²) in [4.78, 5) is 15.4. The lowest BCUT2D eigenvalue weighted by atomic mass is 10.2. The molecule has 0 bridgehead atoms. The molecule has 1 atom stereocenters. The molecule has 4 heteroatoms. The van der Waals surface area contributed by atoms with Gasteiger partial charge in [-0.25, -0.2) is 0 Å². The molecule has 2 aromatic rings. The first kappa shape index (κ1) is 11.5. The summed E-state index contributed by atoms with van der Waals surface area (Å²) in [6.07, 6.45) is 0. The van der Waals surface area contributed by atoms with E-state index in [2.05, 4.69) is 10.3 Å². The monoisotopic (exact) mass is 229 g/mol. The molecule has 2 rings (SSSR count). The summed E-state index contributed by atoms with van der Waals surface area (Å²) in [5, 5.41) is 4.14. The Kier molecular flexibility index (Phi) is 3.35. The quantitative estimate of drug-likeness (QED) is 0.827. The van der Waals surface area contributed by atoms with Crippen molar-refractivity contribution >= 4 is 16.8 Å². The molecular formula is C13H15N3O. The molecule has 17 heavy (non-hydrogen) atoms. The van der Waals surface area contributed by atoms with Crippen molar-refractivity contribution in [3.05, 3.63) is 42.1 Å². The molecule has 4 nitrogen and oxygen atoms in total. The van der Waals surface area contributed by atoms with Gasteiger partial charge < -0.3 is 11.1 Å². The van der Waals surface area contributed by atoms with Gasteiger partial charge in [-0.2, -0.15) is 0 Å². The minimum Gasteiger partial charge on any atom is -0.368 e. The predicted octanol–water partition coefficient (Wildman–Crippen LogP) is 1.20. The predicted molar refractivity (Wildman–Crippen MR) is 67.2 cm³/mol. The molecule has 0 radical (unpaired) electrons. The number of hydrogen-bond donors (Lipinski definition) is 2. The van der Waals surface area contributed by atoms with Crippen LogP contribution in [-0.2, 0) is 11.3 Å². The van der Waals surface area contributed by atoms with Gasteiger partial charge in [0.1, 0.15) is 0 Å². The van der Waals surface area contributed by atoms with Gasteiger partial charge in [-0.3, -0.25) is 9.78 Å². The Labute approximate surface area is 99.8 Å². The van der Waals surface area contributed by atoms with Crippen molar-refractivity contribution in [2.24, 2.45) is 5.73 Å². The first-order valence-corrected chi connectivity index (χ1v) is 5.54. The number of hydrogen-bond acceptors (Lipinski definition) is 3. The van der Waals surface area contributed by atoms with Crippen LogP contribution in [0, 0.1) is 0 Å². The fraction of sp³-hybridized carbons (Fsp3) is 0.231. The van der Waals surface area contributed by atoms with Crippen LogP contribution in [0.5, 0.6) is 0 Å². The van der Waals surface area contributed by atoms with Gasteiger partial charge in [0.15, 0.2) is 0 Å². The molecule has 1 unspecified atom stereocenters. The maximum absolute atomic E-state index is 10.9. The van der Waals surface area contributed by atoms with Gasteiger partial charge in [0.05, 0.1) is 17.3 Å². The third-order valence-corrected chi connectivity index (χ3v) is 2.67. The van der Waals surface area contributed by atoms with Crippen LogP contribution in [0.25, 0.3) is 10.9 Å². The smallest absolute Gasteiger partial charge is 0.234 e.